The molecular weight excluding hydrogens is 254 g/mol. The lowest BCUT2D eigenvalue weighted by Gasteiger charge is -1.99. The molecule has 0 aliphatic carbocycles. The summed E-state index contributed by atoms with van der Waals surface area (Å²) >= 11 is 0. The molecule has 6 heteroatoms. The number of rotatable bonds is 4. The Bertz CT molecular complexity index is 733. The zero-order valence-corrected chi connectivity index (χ0v) is 10.8. The number of pyridine rings is 1. The summed E-state index contributed by atoms with van der Waals surface area (Å²) in [6.45, 7) is 0.461. The first kappa shape index (κ1) is 12.3. The molecule has 0 aliphatic rings. The topological polar surface area (TPSA) is 65.6 Å². The largest absolute Gasteiger partial charge is 0.368 e. The summed E-state index contributed by atoms with van der Waals surface area (Å²) < 4.78 is 2.64. The first-order valence-corrected chi connectivity index (χ1v) is 6.33. The third-order valence-corrected chi connectivity index (χ3v) is 2.95. The van der Waals surface area contributed by atoms with Gasteiger partial charge in [0.15, 0.2) is 0 Å². The number of aromatic nitrogens is 5. The van der Waals surface area contributed by atoms with Gasteiger partial charge in [0.1, 0.15) is 0 Å². The molecule has 0 saturated carbocycles. The minimum atomic E-state index is -0.243. The second kappa shape index (κ2) is 5.48. The third-order valence-electron chi connectivity index (χ3n) is 2.95. The normalized spacial score (nSPS) is 10.6. The first-order chi connectivity index (χ1) is 9.84. The van der Waals surface area contributed by atoms with E-state index >= 15 is 0 Å². The van der Waals surface area contributed by atoms with Gasteiger partial charge in [0.05, 0.1) is 12.2 Å². The molecule has 0 radical (unpaired) electrons. The minimum Gasteiger partial charge on any atom is -0.261 e. The molecule has 1 aromatic carbocycles. The zero-order chi connectivity index (χ0) is 13.8. The van der Waals surface area contributed by atoms with Gasteiger partial charge in [0, 0.05) is 18.3 Å². The lowest BCUT2D eigenvalue weighted by atomic mass is 10.3. The van der Waals surface area contributed by atoms with E-state index in [1.165, 1.54) is 9.36 Å². The zero-order valence-electron chi connectivity index (χ0n) is 10.8. The van der Waals surface area contributed by atoms with Crippen molar-refractivity contribution in [3.63, 3.8) is 0 Å². The van der Waals surface area contributed by atoms with Crippen LogP contribution in [0.15, 0.2) is 59.5 Å². The molecule has 20 heavy (non-hydrogen) atoms. The van der Waals surface area contributed by atoms with Crippen molar-refractivity contribution in [3.8, 4) is 5.69 Å². The van der Waals surface area contributed by atoms with E-state index in [2.05, 4.69) is 15.4 Å². The van der Waals surface area contributed by atoms with Gasteiger partial charge in [-0.1, -0.05) is 24.3 Å². The van der Waals surface area contributed by atoms with Crippen LogP contribution < -0.4 is 5.69 Å². The monoisotopic (exact) mass is 267 g/mol. The number of para-hydroxylation sites is 1. The highest BCUT2D eigenvalue weighted by Crippen LogP contribution is 2.01. The van der Waals surface area contributed by atoms with E-state index in [4.69, 9.17) is 0 Å². The van der Waals surface area contributed by atoms with Crippen molar-refractivity contribution in [1.82, 2.24) is 24.8 Å². The van der Waals surface area contributed by atoms with Gasteiger partial charge < -0.3 is 0 Å². The van der Waals surface area contributed by atoms with Gasteiger partial charge in [-0.05, 0) is 34.7 Å². The quantitative estimate of drug-likeness (QED) is 0.709. The van der Waals surface area contributed by atoms with Gasteiger partial charge in [0.25, 0.3) is 0 Å². The Balaban J connectivity index is 1.80. The molecule has 2 heterocycles. The molecule has 0 bridgehead atoms. The lowest BCUT2D eigenvalue weighted by Crippen LogP contribution is -2.25. The number of hydrogen-bond donors (Lipinski definition) is 0. The average Bonchev–Trinajstić information content (AvgIpc) is 2.88. The Morgan fingerprint density at radius 3 is 2.50 bits per heavy atom. The molecule has 2 aromatic heterocycles. The molecule has 0 aliphatic heterocycles. The fourth-order valence-electron chi connectivity index (χ4n) is 1.91. The maximum Gasteiger partial charge on any atom is 0.368 e. The SMILES string of the molecule is O=c1n(CCc2ccccn2)nnn1-c1ccccc1. The lowest BCUT2D eigenvalue weighted by molar-refractivity contribution is 0.569. The average molecular weight is 267 g/mol. The molecule has 0 N–H and O–H groups in total. The summed E-state index contributed by atoms with van der Waals surface area (Å²) in [6.07, 6.45) is 2.38. The Morgan fingerprint density at radius 2 is 1.75 bits per heavy atom. The van der Waals surface area contributed by atoms with Crippen molar-refractivity contribution in [3.05, 3.63) is 70.9 Å². The summed E-state index contributed by atoms with van der Waals surface area (Å²) in [5.74, 6) is 0. The smallest absolute Gasteiger partial charge is 0.261 e. The van der Waals surface area contributed by atoms with E-state index < -0.39 is 0 Å². The highest BCUT2D eigenvalue weighted by atomic mass is 16.2. The van der Waals surface area contributed by atoms with E-state index in [0.717, 1.165) is 5.69 Å². The van der Waals surface area contributed by atoms with Gasteiger partial charge in [-0.15, -0.1) is 0 Å². The predicted octanol–water partition coefficient (Wildman–Crippen LogP) is 1.07. The maximum atomic E-state index is 12.2. The van der Waals surface area contributed by atoms with Crippen LogP contribution in [-0.4, -0.2) is 24.8 Å². The van der Waals surface area contributed by atoms with Crippen LogP contribution in [0.25, 0.3) is 5.69 Å². The van der Waals surface area contributed by atoms with Gasteiger partial charge in [0.2, 0.25) is 0 Å². The molecule has 0 saturated heterocycles. The Labute approximate surface area is 115 Å². The van der Waals surface area contributed by atoms with Crippen LogP contribution in [0, 0.1) is 0 Å². The molecule has 100 valence electrons. The minimum absolute atomic E-state index is 0.243. The predicted molar refractivity (Wildman–Crippen MR) is 73.6 cm³/mol. The van der Waals surface area contributed by atoms with Crippen LogP contribution in [0.1, 0.15) is 5.69 Å². The van der Waals surface area contributed by atoms with Crippen molar-refractivity contribution < 1.29 is 0 Å². The number of benzene rings is 1. The third kappa shape index (κ3) is 2.49. The van der Waals surface area contributed by atoms with Gasteiger partial charge in [-0.2, -0.15) is 9.36 Å². The number of hydrogen-bond acceptors (Lipinski definition) is 4. The van der Waals surface area contributed by atoms with Crippen molar-refractivity contribution in [2.24, 2.45) is 0 Å². The standard InChI is InChI=1S/C14H13N5O/c20-14-18(11-9-12-6-4-5-10-15-12)16-17-19(14)13-7-2-1-3-8-13/h1-8,10H,9,11H2. The van der Waals surface area contributed by atoms with Crippen molar-refractivity contribution in [1.29, 1.82) is 0 Å². The molecule has 0 atom stereocenters. The molecule has 0 spiro atoms. The molecular formula is C14H13N5O. The Kier molecular flexibility index (Phi) is 3.36. The Morgan fingerprint density at radius 1 is 0.950 bits per heavy atom. The van der Waals surface area contributed by atoms with Crippen LogP contribution in [0.5, 0.6) is 0 Å². The van der Waals surface area contributed by atoms with Crippen LogP contribution >= 0.6 is 0 Å². The van der Waals surface area contributed by atoms with Crippen molar-refractivity contribution in [2.75, 3.05) is 0 Å². The van der Waals surface area contributed by atoms with Crippen LogP contribution in [-0.2, 0) is 13.0 Å². The summed E-state index contributed by atoms with van der Waals surface area (Å²) in [7, 11) is 0. The fourth-order valence-corrected chi connectivity index (χ4v) is 1.91. The number of aryl methyl sites for hydroxylation is 2. The first-order valence-electron chi connectivity index (χ1n) is 6.33. The summed E-state index contributed by atoms with van der Waals surface area (Å²) in [5.41, 5.74) is 1.39. The van der Waals surface area contributed by atoms with E-state index in [-0.39, 0.29) is 5.69 Å². The molecule has 3 rings (SSSR count). The van der Waals surface area contributed by atoms with Gasteiger partial charge >= 0.3 is 5.69 Å². The second-order valence-corrected chi connectivity index (χ2v) is 4.30. The van der Waals surface area contributed by atoms with Crippen molar-refractivity contribution >= 4 is 0 Å². The summed E-state index contributed by atoms with van der Waals surface area (Å²) in [5, 5.41) is 7.79. The van der Waals surface area contributed by atoms with Gasteiger partial charge in [-0.25, -0.2) is 4.79 Å². The van der Waals surface area contributed by atoms with Crippen LogP contribution in [0.4, 0.5) is 0 Å². The van der Waals surface area contributed by atoms with Gasteiger partial charge in [-0.3, -0.25) is 4.98 Å². The molecule has 0 fully saturated rings. The van der Waals surface area contributed by atoms with E-state index in [9.17, 15) is 4.79 Å². The fraction of sp³-hybridized carbons (Fsp3) is 0.143. The van der Waals surface area contributed by atoms with Crippen molar-refractivity contribution in [2.45, 2.75) is 13.0 Å². The molecule has 6 nitrogen and oxygen atoms in total. The van der Waals surface area contributed by atoms with E-state index in [1.807, 2.05) is 48.5 Å². The summed E-state index contributed by atoms with van der Waals surface area (Å²) in [6, 6.07) is 14.9. The molecule has 3 aromatic rings. The highest BCUT2D eigenvalue weighted by molar-refractivity contribution is 5.28. The number of nitrogens with zero attached hydrogens (tertiary/aromatic N) is 5. The highest BCUT2D eigenvalue weighted by Gasteiger charge is 2.08. The molecule has 0 unspecified atom stereocenters. The number of tetrazole rings is 1. The molecule has 0 amide bonds. The Hall–Kier alpha value is -2.76. The second-order valence-electron chi connectivity index (χ2n) is 4.30. The maximum absolute atomic E-state index is 12.2. The van der Waals surface area contributed by atoms with Crippen LogP contribution in [0.3, 0.4) is 0 Å². The van der Waals surface area contributed by atoms with E-state index in [0.29, 0.717) is 18.7 Å². The van der Waals surface area contributed by atoms with E-state index in [1.54, 1.807) is 6.20 Å². The van der Waals surface area contributed by atoms with Crippen LogP contribution in [0.2, 0.25) is 0 Å². The summed E-state index contributed by atoms with van der Waals surface area (Å²) in [4.78, 5) is 16.4.